The molecule has 1 rings (SSSR count). The highest BCUT2D eigenvalue weighted by Gasteiger charge is 2.23. The third kappa shape index (κ3) is 1.91. The number of aromatic nitrogens is 1. The molecular formula is C7H4F2INO3. The van der Waals surface area contributed by atoms with Gasteiger partial charge in [-0.25, -0.2) is 13.6 Å². The lowest BCUT2D eigenvalue weighted by Gasteiger charge is -2.06. The molecule has 1 aromatic heterocycles. The first-order valence-corrected chi connectivity index (χ1v) is 4.41. The molecule has 7 heteroatoms. The summed E-state index contributed by atoms with van der Waals surface area (Å²) < 4.78 is 24.5. The van der Waals surface area contributed by atoms with Crippen molar-refractivity contribution in [3.8, 4) is 5.75 Å². The molecule has 0 spiro atoms. The lowest BCUT2D eigenvalue weighted by atomic mass is 10.2. The monoisotopic (exact) mass is 315 g/mol. The van der Waals surface area contributed by atoms with Gasteiger partial charge in [-0.15, -0.1) is 0 Å². The third-order valence-corrected chi connectivity index (χ3v) is 2.27. The van der Waals surface area contributed by atoms with Crippen LogP contribution in [0, 0.1) is 3.57 Å². The maximum atomic E-state index is 12.2. The van der Waals surface area contributed by atoms with E-state index in [9.17, 15) is 18.7 Å². The van der Waals surface area contributed by atoms with Crippen molar-refractivity contribution in [1.82, 2.24) is 4.98 Å². The summed E-state index contributed by atoms with van der Waals surface area (Å²) in [7, 11) is 0. The third-order valence-electron chi connectivity index (χ3n) is 1.46. The van der Waals surface area contributed by atoms with Gasteiger partial charge < -0.3 is 10.2 Å². The van der Waals surface area contributed by atoms with E-state index in [2.05, 4.69) is 4.98 Å². The minimum absolute atomic E-state index is 0.108. The first kappa shape index (κ1) is 11.1. The average Bonchev–Trinajstić information content (AvgIpc) is 2.02. The molecule has 0 aliphatic carbocycles. The summed E-state index contributed by atoms with van der Waals surface area (Å²) in [5.74, 6) is -2.43. The van der Waals surface area contributed by atoms with E-state index < -0.39 is 29.4 Å². The molecule has 0 aliphatic rings. The number of aromatic hydroxyl groups is 1. The second-order valence-electron chi connectivity index (χ2n) is 2.32. The fraction of sp³-hybridized carbons (Fsp3) is 0.143. The fourth-order valence-electron chi connectivity index (χ4n) is 0.856. The van der Waals surface area contributed by atoms with Crippen molar-refractivity contribution in [3.63, 3.8) is 0 Å². The predicted octanol–water partition coefficient (Wildman–Crippen LogP) is 2.03. The van der Waals surface area contributed by atoms with Crippen molar-refractivity contribution in [2.75, 3.05) is 0 Å². The van der Waals surface area contributed by atoms with E-state index >= 15 is 0 Å². The van der Waals surface area contributed by atoms with Crippen molar-refractivity contribution in [2.45, 2.75) is 6.43 Å². The topological polar surface area (TPSA) is 70.4 Å². The van der Waals surface area contributed by atoms with Crippen molar-refractivity contribution in [1.29, 1.82) is 0 Å². The minimum atomic E-state index is -3.00. The van der Waals surface area contributed by atoms with Gasteiger partial charge in [0.05, 0.1) is 0 Å². The molecule has 0 aliphatic heterocycles. The molecule has 4 nitrogen and oxygen atoms in total. The molecule has 0 amide bonds. The molecule has 2 N–H and O–H groups in total. The van der Waals surface area contributed by atoms with E-state index in [1.807, 2.05) is 0 Å². The number of carboxylic acid groups (broad SMARTS) is 1. The van der Waals surface area contributed by atoms with Crippen LogP contribution in [0.25, 0.3) is 0 Å². The van der Waals surface area contributed by atoms with Crippen LogP contribution in [0.15, 0.2) is 6.20 Å². The second kappa shape index (κ2) is 4.03. The van der Waals surface area contributed by atoms with Crippen LogP contribution in [0.2, 0.25) is 0 Å². The standard InChI is InChI=1S/C7H4F2INO3/c8-6(9)4-5(12)3(7(13)14)2(10)1-11-4/h1,6,12H,(H,13,14). The first-order chi connectivity index (χ1) is 6.45. The maximum absolute atomic E-state index is 12.2. The number of halogens is 3. The van der Waals surface area contributed by atoms with Gasteiger partial charge in [-0.1, -0.05) is 0 Å². The van der Waals surface area contributed by atoms with E-state index in [0.29, 0.717) is 0 Å². The van der Waals surface area contributed by atoms with Gasteiger partial charge in [0.25, 0.3) is 6.43 Å². The molecule has 0 aromatic carbocycles. The highest BCUT2D eigenvalue weighted by atomic mass is 127. The number of aromatic carboxylic acids is 1. The Balaban J connectivity index is 3.41. The number of carboxylic acids is 1. The molecule has 1 aromatic rings. The Kier molecular flexibility index (Phi) is 3.19. The minimum Gasteiger partial charge on any atom is -0.505 e. The van der Waals surface area contributed by atoms with E-state index in [-0.39, 0.29) is 3.57 Å². The van der Waals surface area contributed by atoms with Crippen molar-refractivity contribution in [2.24, 2.45) is 0 Å². The summed E-state index contributed by atoms with van der Waals surface area (Å²) in [6.45, 7) is 0. The van der Waals surface area contributed by atoms with Gasteiger partial charge in [-0.05, 0) is 22.6 Å². The summed E-state index contributed by atoms with van der Waals surface area (Å²) in [4.78, 5) is 13.8. The lowest BCUT2D eigenvalue weighted by molar-refractivity contribution is 0.0691. The number of alkyl halides is 2. The number of nitrogens with zero attached hydrogens (tertiary/aromatic N) is 1. The average molecular weight is 315 g/mol. The molecule has 0 saturated heterocycles. The number of hydrogen-bond acceptors (Lipinski definition) is 3. The zero-order valence-electron chi connectivity index (χ0n) is 6.54. The Morgan fingerprint density at radius 1 is 1.57 bits per heavy atom. The molecule has 0 atom stereocenters. The van der Waals surface area contributed by atoms with Gasteiger partial charge in [0, 0.05) is 9.77 Å². The molecule has 76 valence electrons. The van der Waals surface area contributed by atoms with E-state index in [0.717, 1.165) is 6.20 Å². The maximum Gasteiger partial charge on any atom is 0.340 e. The molecule has 1 heterocycles. The Labute approximate surface area is 90.7 Å². The van der Waals surface area contributed by atoms with Gasteiger partial charge in [-0.3, -0.25) is 4.98 Å². The number of pyridine rings is 1. The normalized spacial score (nSPS) is 10.6. The van der Waals surface area contributed by atoms with Gasteiger partial charge in [0.1, 0.15) is 11.3 Å². The first-order valence-electron chi connectivity index (χ1n) is 3.34. The zero-order valence-corrected chi connectivity index (χ0v) is 8.70. The molecule has 0 bridgehead atoms. The summed E-state index contributed by atoms with van der Waals surface area (Å²) in [5, 5.41) is 17.8. The summed E-state index contributed by atoms with van der Waals surface area (Å²) in [5.41, 5.74) is -1.46. The number of hydrogen-bond donors (Lipinski definition) is 2. The van der Waals surface area contributed by atoms with Crippen LogP contribution in [-0.2, 0) is 0 Å². The van der Waals surface area contributed by atoms with Crippen molar-refractivity contribution < 1.29 is 23.8 Å². The Bertz CT molecular complexity index is 383. The molecule has 0 fully saturated rings. The van der Waals surface area contributed by atoms with Gasteiger partial charge in [0.2, 0.25) is 0 Å². The summed E-state index contributed by atoms with van der Waals surface area (Å²) in [6, 6.07) is 0. The van der Waals surface area contributed by atoms with Crippen LogP contribution in [0.5, 0.6) is 5.75 Å². The van der Waals surface area contributed by atoms with Crippen LogP contribution in [0.1, 0.15) is 22.5 Å². The number of carbonyl (C=O) groups is 1. The molecule has 0 unspecified atom stereocenters. The Hall–Kier alpha value is -0.990. The highest BCUT2D eigenvalue weighted by Crippen LogP contribution is 2.31. The quantitative estimate of drug-likeness (QED) is 0.819. The molecular weight excluding hydrogens is 311 g/mol. The summed E-state index contributed by atoms with van der Waals surface area (Å²) >= 11 is 1.59. The van der Waals surface area contributed by atoms with E-state index in [4.69, 9.17) is 5.11 Å². The van der Waals surface area contributed by atoms with Crippen LogP contribution >= 0.6 is 22.6 Å². The molecule has 14 heavy (non-hydrogen) atoms. The van der Waals surface area contributed by atoms with Crippen molar-refractivity contribution in [3.05, 3.63) is 21.0 Å². The Morgan fingerprint density at radius 2 is 2.14 bits per heavy atom. The fourth-order valence-corrected chi connectivity index (χ4v) is 1.48. The van der Waals surface area contributed by atoms with Crippen LogP contribution in [0.4, 0.5) is 8.78 Å². The zero-order chi connectivity index (χ0) is 10.9. The lowest BCUT2D eigenvalue weighted by Crippen LogP contribution is -2.04. The van der Waals surface area contributed by atoms with Crippen LogP contribution < -0.4 is 0 Å². The molecule has 0 saturated carbocycles. The number of rotatable bonds is 2. The second-order valence-corrected chi connectivity index (χ2v) is 3.48. The highest BCUT2D eigenvalue weighted by molar-refractivity contribution is 14.1. The Morgan fingerprint density at radius 3 is 2.57 bits per heavy atom. The smallest absolute Gasteiger partial charge is 0.340 e. The van der Waals surface area contributed by atoms with Gasteiger partial charge in [-0.2, -0.15) is 0 Å². The van der Waals surface area contributed by atoms with Gasteiger partial charge in [0.15, 0.2) is 5.75 Å². The van der Waals surface area contributed by atoms with Crippen LogP contribution in [-0.4, -0.2) is 21.2 Å². The van der Waals surface area contributed by atoms with E-state index in [1.165, 1.54) is 0 Å². The van der Waals surface area contributed by atoms with E-state index in [1.54, 1.807) is 22.6 Å². The molecule has 0 radical (unpaired) electrons. The van der Waals surface area contributed by atoms with Crippen molar-refractivity contribution >= 4 is 28.6 Å². The summed E-state index contributed by atoms with van der Waals surface area (Å²) in [6.07, 6.45) is -2.02. The SMILES string of the molecule is O=C(O)c1c(I)cnc(C(F)F)c1O. The predicted molar refractivity (Wildman–Crippen MR) is 50.5 cm³/mol. The largest absolute Gasteiger partial charge is 0.505 e. The van der Waals surface area contributed by atoms with Crippen LogP contribution in [0.3, 0.4) is 0 Å². The van der Waals surface area contributed by atoms with Gasteiger partial charge >= 0.3 is 5.97 Å².